The average Bonchev–Trinajstić information content (AvgIpc) is 2.87. The molecule has 1 aromatic carbocycles. The van der Waals surface area contributed by atoms with E-state index in [4.69, 9.17) is 4.42 Å². The highest BCUT2D eigenvalue weighted by Gasteiger charge is 2.22. The van der Waals surface area contributed by atoms with Crippen molar-refractivity contribution in [3.05, 3.63) is 24.3 Å². The van der Waals surface area contributed by atoms with Gasteiger partial charge >= 0.3 is 0 Å². The predicted molar refractivity (Wildman–Crippen MR) is 83.1 cm³/mol. The highest BCUT2D eigenvalue weighted by Crippen LogP contribution is 2.25. The summed E-state index contributed by atoms with van der Waals surface area (Å²) in [5, 5.41) is 13.6. The molecule has 2 rings (SSSR count). The van der Waals surface area contributed by atoms with Crippen molar-refractivity contribution in [3.8, 4) is 0 Å². The number of benzene rings is 1. The topological polar surface area (TPSA) is 58.3 Å². The van der Waals surface area contributed by atoms with Gasteiger partial charge in [-0.15, -0.1) is 0 Å². The van der Waals surface area contributed by atoms with Crippen LogP contribution in [0.1, 0.15) is 26.7 Å². The standard InChI is InChI=1S/C15H22N2O2S/c1-3-9-16-15(2,11-18)8-10-20-14-17-12-6-4-5-7-13(12)19-14/h4-7,16,18H,3,8-11H2,1-2H3. The summed E-state index contributed by atoms with van der Waals surface area (Å²) in [7, 11) is 0. The number of aliphatic hydroxyl groups is 1. The quantitative estimate of drug-likeness (QED) is 0.733. The second-order valence-corrected chi connectivity index (χ2v) is 6.24. The first-order valence-corrected chi connectivity index (χ1v) is 8.00. The molecule has 0 bridgehead atoms. The van der Waals surface area contributed by atoms with Gasteiger partial charge in [0.2, 0.25) is 0 Å². The number of thioether (sulfide) groups is 1. The summed E-state index contributed by atoms with van der Waals surface area (Å²) in [6.07, 6.45) is 1.93. The maximum atomic E-state index is 9.51. The Labute approximate surface area is 124 Å². The maximum absolute atomic E-state index is 9.51. The van der Waals surface area contributed by atoms with Crippen molar-refractivity contribution in [2.24, 2.45) is 0 Å². The van der Waals surface area contributed by atoms with Crippen LogP contribution >= 0.6 is 11.8 Å². The number of hydrogen-bond donors (Lipinski definition) is 2. The van der Waals surface area contributed by atoms with Crippen molar-refractivity contribution >= 4 is 22.9 Å². The molecule has 0 saturated heterocycles. The number of hydrogen-bond acceptors (Lipinski definition) is 5. The molecule has 0 aliphatic heterocycles. The fourth-order valence-electron chi connectivity index (χ4n) is 1.93. The van der Waals surface area contributed by atoms with Crippen LogP contribution in [-0.4, -0.2) is 34.5 Å². The van der Waals surface area contributed by atoms with Gasteiger partial charge in [-0.2, -0.15) is 0 Å². The Kier molecular flexibility index (Phi) is 5.46. The zero-order valence-corrected chi connectivity index (χ0v) is 12.9. The Morgan fingerprint density at radius 2 is 2.20 bits per heavy atom. The number of aromatic nitrogens is 1. The summed E-state index contributed by atoms with van der Waals surface area (Å²) in [5.74, 6) is 0.862. The second kappa shape index (κ2) is 7.11. The Hall–Kier alpha value is -1.04. The minimum absolute atomic E-state index is 0.140. The number of fused-ring (bicyclic) bond motifs is 1. The van der Waals surface area contributed by atoms with Crippen molar-refractivity contribution < 1.29 is 9.52 Å². The summed E-state index contributed by atoms with van der Waals surface area (Å²) in [6, 6.07) is 7.77. The minimum atomic E-state index is -0.227. The van der Waals surface area contributed by atoms with Crippen LogP contribution in [0.15, 0.2) is 33.9 Å². The summed E-state index contributed by atoms with van der Waals surface area (Å²) in [5.41, 5.74) is 1.49. The third kappa shape index (κ3) is 3.98. The largest absolute Gasteiger partial charge is 0.431 e. The van der Waals surface area contributed by atoms with E-state index in [2.05, 4.69) is 24.1 Å². The SMILES string of the molecule is CCCNC(C)(CO)CCSc1nc2ccccc2o1. The Bertz CT molecular complexity index is 510. The Morgan fingerprint density at radius 3 is 2.90 bits per heavy atom. The molecule has 0 fully saturated rings. The van der Waals surface area contributed by atoms with Gasteiger partial charge in [-0.25, -0.2) is 4.98 Å². The van der Waals surface area contributed by atoms with E-state index in [0.29, 0.717) is 5.22 Å². The molecule has 0 saturated carbocycles. The highest BCUT2D eigenvalue weighted by atomic mass is 32.2. The van der Waals surface area contributed by atoms with E-state index in [-0.39, 0.29) is 12.1 Å². The molecule has 0 spiro atoms. The molecule has 2 N–H and O–H groups in total. The Balaban J connectivity index is 1.88. The molecule has 5 heteroatoms. The van der Waals surface area contributed by atoms with Crippen LogP contribution in [0.3, 0.4) is 0 Å². The van der Waals surface area contributed by atoms with Crippen molar-refractivity contribution in [3.63, 3.8) is 0 Å². The van der Waals surface area contributed by atoms with Crippen LogP contribution in [-0.2, 0) is 0 Å². The van der Waals surface area contributed by atoms with Gasteiger partial charge in [0.05, 0.1) is 6.61 Å². The van der Waals surface area contributed by atoms with E-state index in [1.165, 1.54) is 0 Å². The van der Waals surface area contributed by atoms with Crippen molar-refractivity contribution in [2.75, 3.05) is 18.9 Å². The zero-order valence-electron chi connectivity index (χ0n) is 12.1. The van der Waals surface area contributed by atoms with Crippen LogP contribution < -0.4 is 5.32 Å². The number of aliphatic hydroxyl groups excluding tert-OH is 1. The summed E-state index contributed by atoms with van der Waals surface area (Å²) in [4.78, 5) is 4.43. The fraction of sp³-hybridized carbons (Fsp3) is 0.533. The van der Waals surface area contributed by atoms with E-state index in [0.717, 1.165) is 36.2 Å². The summed E-state index contributed by atoms with van der Waals surface area (Å²) >= 11 is 1.59. The summed E-state index contributed by atoms with van der Waals surface area (Å²) in [6.45, 7) is 5.24. The third-order valence-corrected chi connectivity index (χ3v) is 4.13. The van der Waals surface area contributed by atoms with E-state index >= 15 is 0 Å². The van der Waals surface area contributed by atoms with Gasteiger partial charge in [-0.1, -0.05) is 30.8 Å². The van der Waals surface area contributed by atoms with Crippen LogP contribution in [0.4, 0.5) is 0 Å². The molecule has 1 heterocycles. The number of rotatable bonds is 8. The highest BCUT2D eigenvalue weighted by molar-refractivity contribution is 7.99. The lowest BCUT2D eigenvalue weighted by atomic mass is 10.0. The minimum Gasteiger partial charge on any atom is -0.431 e. The smallest absolute Gasteiger partial charge is 0.256 e. The first kappa shape index (κ1) is 15.4. The van der Waals surface area contributed by atoms with Crippen LogP contribution in [0.25, 0.3) is 11.1 Å². The molecular weight excluding hydrogens is 272 g/mol. The third-order valence-electron chi connectivity index (χ3n) is 3.30. The van der Waals surface area contributed by atoms with E-state index < -0.39 is 0 Å². The van der Waals surface area contributed by atoms with Gasteiger partial charge < -0.3 is 14.8 Å². The van der Waals surface area contributed by atoms with Crippen LogP contribution in [0, 0.1) is 0 Å². The molecule has 0 aliphatic rings. The molecule has 1 unspecified atom stereocenters. The molecule has 110 valence electrons. The number of nitrogens with zero attached hydrogens (tertiary/aromatic N) is 1. The lowest BCUT2D eigenvalue weighted by molar-refractivity contribution is 0.171. The molecule has 0 amide bonds. The second-order valence-electron chi connectivity index (χ2n) is 5.19. The van der Waals surface area contributed by atoms with Gasteiger partial charge in [-0.3, -0.25) is 0 Å². The maximum Gasteiger partial charge on any atom is 0.256 e. The monoisotopic (exact) mass is 294 g/mol. The summed E-state index contributed by atoms with van der Waals surface area (Å²) < 4.78 is 5.67. The van der Waals surface area contributed by atoms with Gasteiger partial charge in [0.15, 0.2) is 5.58 Å². The number of oxazole rings is 1. The van der Waals surface area contributed by atoms with Crippen molar-refractivity contribution in [2.45, 2.75) is 37.5 Å². The molecule has 1 atom stereocenters. The van der Waals surface area contributed by atoms with Gasteiger partial charge in [-0.05, 0) is 38.4 Å². The predicted octanol–water partition coefficient (Wildman–Crippen LogP) is 3.06. The van der Waals surface area contributed by atoms with Gasteiger partial charge in [0.25, 0.3) is 5.22 Å². The van der Waals surface area contributed by atoms with Gasteiger partial charge in [0.1, 0.15) is 5.52 Å². The molecule has 4 nitrogen and oxygen atoms in total. The molecule has 1 aromatic heterocycles. The van der Waals surface area contributed by atoms with Crippen molar-refractivity contribution in [1.29, 1.82) is 0 Å². The van der Waals surface area contributed by atoms with Crippen LogP contribution in [0.2, 0.25) is 0 Å². The number of para-hydroxylation sites is 2. The number of nitrogens with one attached hydrogen (secondary N) is 1. The normalized spacial score (nSPS) is 14.6. The fourth-order valence-corrected chi connectivity index (χ4v) is 2.97. The molecule has 0 aliphatic carbocycles. The van der Waals surface area contributed by atoms with Gasteiger partial charge in [0, 0.05) is 11.3 Å². The molecule has 20 heavy (non-hydrogen) atoms. The molecule has 2 aromatic rings. The first-order valence-electron chi connectivity index (χ1n) is 7.01. The first-order chi connectivity index (χ1) is 9.67. The average molecular weight is 294 g/mol. The lowest BCUT2D eigenvalue weighted by Gasteiger charge is -2.28. The Morgan fingerprint density at radius 1 is 1.40 bits per heavy atom. The van der Waals surface area contributed by atoms with Crippen LogP contribution in [0.5, 0.6) is 0 Å². The van der Waals surface area contributed by atoms with Crippen molar-refractivity contribution in [1.82, 2.24) is 10.3 Å². The van der Waals surface area contributed by atoms with E-state index in [9.17, 15) is 5.11 Å². The van der Waals surface area contributed by atoms with E-state index in [1.807, 2.05) is 24.3 Å². The van der Waals surface area contributed by atoms with E-state index in [1.54, 1.807) is 11.8 Å². The molecular formula is C15H22N2O2S. The lowest BCUT2D eigenvalue weighted by Crippen LogP contribution is -2.46. The molecule has 0 radical (unpaired) electrons. The zero-order chi connectivity index (χ0) is 14.4.